The quantitative estimate of drug-likeness (QED) is 0.895. The van der Waals surface area contributed by atoms with Crippen molar-refractivity contribution in [3.8, 4) is 0 Å². The number of aliphatic hydroxyl groups excluding tert-OH is 1. The Morgan fingerprint density at radius 2 is 2.17 bits per heavy atom. The molecule has 2 fully saturated rings. The Morgan fingerprint density at radius 1 is 1.33 bits per heavy atom. The van der Waals surface area contributed by atoms with Gasteiger partial charge in [0.15, 0.2) is 0 Å². The Bertz CT molecular complexity index is 396. The highest BCUT2D eigenvalue weighted by Crippen LogP contribution is 2.42. The highest BCUT2D eigenvalue weighted by atomic mass is 16.5. The van der Waals surface area contributed by atoms with Gasteiger partial charge in [0.1, 0.15) is 0 Å². The molecule has 100 valence electrons. The summed E-state index contributed by atoms with van der Waals surface area (Å²) in [5.74, 6) is 0. The van der Waals surface area contributed by atoms with E-state index >= 15 is 0 Å². The van der Waals surface area contributed by atoms with Crippen molar-refractivity contribution in [1.29, 1.82) is 0 Å². The highest BCUT2D eigenvalue weighted by molar-refractivity contribution is 5.01. The zero-order valence-corrected chi connectivity index (χ0v) is 10.8. The second-order valence-electron chi connectivity index (χ2n) is 5.75. The molecule has 1 atom stereocenters. The maximum absolute atomic E-state index is 9.03. The summed E-state index contributed by atoms with van der Waals surface area (Å²) < 4.78 is 8.21. The third-order valence-corrected chi connectivity index (χ3v) is 4.36. The number of ether oxygens (including phenoxy) is 1. The van der Waals surface area contributed by atoms with Gasteiger partial charge in [-0.15, -0.1) is 0 Å². The van der Waals surface area contributed by atoms with Gasteiger partial charge in [-0.05, 0) is 25.7 Å². The zero-order chi connectivity index (χ0) is 12.4. The second-order valence-corrected chi connectivity index (χ2v) is 5.75. The predicted molar refractivity (Wildman–Crippen MR) is 68.1 cm³/mol. The summed E-state index contributed by atoms with van der Waals surface area (Å²) in [6, 6.07) is 0. The lowest BCUT2D eigenvalue weighted by atomic mass is 9.83. The standard InChI is InChI=1S/C14H22N2O2/c17-11-12-8-15-16(9-12)10-13-4-7-14(18-13)5-2-1-3-6-14/h8-9,13,17H,1-7,10-11H2. The molecule has 3 rings (SSSR count). The lowest BCUT2D eigenvalue weighted by Crippen LogP contribution is -2.32. The fourth-order valence-electron chi connectivity index (χ4n) is 3.38. The van der Waals surface area contributed by atoms with Crippen LogP contribution in [0, 0.1) is 0 Å². The van der Waals surface area contributed by atoms with Crippen LogP contribution >= 0.6 is 0 Å². The van der Waals surface area contributed by atoms with Gasteiger partial charge >= 0.3 is 0 Å². The van der Waals surface area contributed by atoms with Gasteiger partial charge in [-0.25, -0.2) is 0 Å². The molecule has 18 heavy (non-hydrogen) atoms. The van der Waals surface area contributed by atoms with Crippen LogP contribution in [-0.4, -0.2) is 26.6 Å². The molecule has 1 aromatic heterocycles. The summed E-state index contributed by atoms with van der Waals surface area (Å²) in [7, 11) is 0. The molecule has 0 amide bonds. The van der Waals surface area contributed by atoms with E-state index in [1.165, 1.54) is 38.5 Å². The second kappa shape index (κ2) is 5.02. The van der Waals surface area contributed by atoms with E-state index in [9.17, 15) is 0 Å². The van der Waals surface area contributed by atoms with Crippen molar-refractivity contribution >= 4 is 0 Å². The molecule has 0 aromatic carbocycles. The van der Waals surface area contributed by atoms with Gasteiger partial charge < -0.3 is 9.84 Å². The fraction of sp³-hybridized carbons (Fsp3) is 0.786. The van der Waals surface area contributed by atoms with Crippen molar-refractivity contribution in [2.24, 2.45) is 0 Å². The molecule has 4 heteroatoms. The van der Waals surface area contributed by atoms with Crippen molar-refractivity contribution < 1.29 is 9.84 Å². The first kappa shape index (κ1) is 12.2. The average Bonchev–Trinajstić information content (AvgIpc) is 2.99. The molecule has 2 heterocycles. The van der Waals surface area contributed by atoms with Crippen LogP contribution in [0.3, 0.4) is 0 Å². The summed E-state index contributed by atoms with van der Waals surface area (Å²) >= 11 is 0. The largest absolute Gasteiger partial charge is 0.392 e. The fourth-order valence-corrected chi connectivity index (χ4v) is 3.38. The Morgan fingerprint density at radius 3 is 2.89 bits per heavy atom. The monoisotopic (exact) mass is 250 g/mol. The third kappa shape index (κ3) is 2.45. The van der Waals surface area contributed by atoms with E-state index in [0.717, 1.165) is 18.5 Å². The lowest BCUT2D eigenvalue weighted by molar-refractivity contribution is -0.0688. The molecule has 0 radical (unpaired) electrons. The summed E-state index contributed by atoms with van der Waals surface area (Å²) in [4.78, 5) is 0. The minimum absolute atomic E-state index is 0.0649. The SMILES string of the molecule is OCc1cnn(CC2CCC3(CCCCC3)O2)c1. The van der Waals surface area contributed by atoms with Gasteiger partial charge in [-0.3, -0.25) is 4.68 Å². The van der Waals surface area contributed by atoms with Crippen LogP contribution in [0.25, 0.3) is 0 Å². The number of rotatable bonds is 3. The van der Waals surface area contributed by atoms with Crippen molar-refractivity contribution in [2.45, 2.75) is 69.8 Å². The summed E-state index contributed by atoms with van der Waals surface area (Å²) in [6.07, 6.45) is 12.8. The number of hydrogen-bond donors (Lipinski definition) is 1. The minimum Gasteiger partial charge on any atom is -0.392 e. The van der Waals surface area contributed by atoms with Gasteiger partial charge in [0, 0.05) is 11.8 Å². The van der Waals surface area contributed by atoms with Crippen LogP contribution in [-0.2, 0) is 17.9 Å². The number of nitrogens with zero attached hydrogens (tertiary/aromatic N) is 2. The molecule has 1 aromatic rings. The zero-order valence-electron chi connectivity index (χ0n) is 10.8. The van der Waals surface area contributed by atoms with E-state index in [4.69, 9.17) is 9.84 Å². The number of hydrogen-bond acceptors (Lipinski definition) is 3. The molecule has 1 unspecified atom stereocenters. The van der Waals surface area contributed by atoms with Gasteiger partial charge in [0.25, 0.3) is 0 Å². The Hall–Kier alpha value is -0.870. The number of aromatic nitrogens is 2. The van der Waals surface area contributed by atoms with E-state index in [1.54, 1.807) is 6.20 Å². The molecule has 0 bridgehead atoms. The normalized spacial score (nSPS) is 26.8. The van der Waals surface area contributed by atoms with E-state index in [1.807, 2.05) is 10.9 Å². The first-order chi connectivity index (χ1) is 8.80. The highest BCUT2D eigenvalue weighted by Gasteiger charge is 2.40. The maximum Gasteiger partial charge on any atom is 0.0779 e. The molecular formula is C14H22N2O2. The van der Waals surface area contributed by atoms with E-state index in [-0.39, 0.29) is 12.2 Å². The summed E-state index contributed by atoms with van der Waals surface area (Å²) in [6.45, 7) is 0.886. The van der Waals surface area contributed by atoms with E-state index in [2.05, 4.69) is 5.10 Å². The molecule has 1 saturated heterocycles. The molecule has 1 aliphatic carbocycles. The molecule has 1 N–H and O–H groups in total. The Kier molecular flexibility index (Phi) is 3.39. The number of aliphatic hydroxyl groups is 1. The van der Waals surface area contributed by atoms with Crippen LogP contribution in [0.4, 0.5) is 0 Å². The average molecular weight is 250 g/mol. The van der Waals surface area contributed by atoms with Crippen LogP contribution < -0.4 is 0 Å². The first-order valence-electron chi connectivity index (χ1n) is 7.10. The molecular weight excluding hydrogens is 228 g/mol. The first-order valence-corrected chi connectivity index (χ1v) is 7.10. The van der Waals surface area contributed by atoms with Crippen molar-refractivity contribution in [1.82, 2.24) is 9.78 Å². The van der Waals surface area contributed by atoms with E-state index < -0.39 is 0 Å². The maximum atomic E-state index is 9.03. The van der Waals surface area contributed by atoms with Gasteiger partial charge in [0.05, 0.1) is 31.1 Å². The minimum atomic E-state index is 0.0649. The topological polar surface area (TPSA) is 47.3 Å². The molecule has 4 nitrogen and oxygen atoms in total. The van der Waals surface area contributed by atoms with Crippen LogP contribution in [0.5, 0.6) is 0 Å². The molecule has 1 saturated carbocycles. The van der Waals surface area contributed by atoms with Crippen LogP contribution in [0.15, 0.2) is 12.4 Å². The van der Waals surface area contributed by atoms with E-state index in [0.29, 0.717) is 6.10 Å². The molecule has 1 spiro atoms. The third-order valence-electron chi connectivity index (χ3n) is 4.36. The predicted octanol–water partition coefficient (Wildman–Crippen LogP) is 2.26. The van der Waals surface area contributed by atoms with Crippen molar-refractivity contribution in [3.05, 3.63) is 18.0 Å². The smallest absolute Gasteiger partial charge is 0.0779 e. The van der Waals surface area contributed by atoms with Crippen LogP contribution in [0.1, 0.15) is 50.5 Å². The lowest BCUT2D eigenvalue weighted by Gasteiger charge is -2.33. The van der Waals surface area contributed by atoms with Gasteiger partial charge in [-0.1, -0.05) is 19.3 Å². The summed E-state index contributed by atoms with van der Waals surface area (Å²) in [5.41, 5.74) is 1.07. The molecule has 1 aliphatic heterocycles. The Labute approximate surface area is 108 Å². The van der Waals surface area contributed by atoms with Gasteiger partial charge in [0.2, 0.25) is 0 Å². The molecule has 2 aliphatic rings. The van der Waals surface area contributed by atoms with Crippen LogP contribution in [0.2, 0.25) is 0 Å². The van der Waals surface area contributed by atoms with Crippen molar-refractivity contribution in [3.63, 3.8) is 0 Å². The van der Waals surface area contributed by atoms with Gasteiger partial charge in [-0.2, -0.15) is 5.10 Å². The van der Waals surface area contributed by atoms with Crippen molar-refractivity contribution in [2.75, 3.05) is 0 Å². The summed E-state index contributed by atoms with van der Waals surface area (Å²) in [5, 5.41) is 13.3. The Balaban J connectivity index is 1.58.